The number of hydrazine groups is 1. The van der Waals surface area contributed by atoms with Gasteiger partial charge in [0.05, 0.1) is 12.7 Å². The molecule has 0 unspecified atom stereocenters. The van der Waals surface area contributed by atoms with Gasteiger partial charge in [-0.15, -0.1) is 0 Å². The molecule has 1 heterocycles. The van der Waals surface area contributed by atoms with Gasteiger partial charge in [-0.05, 0) is 24.3 Å². The zero-order valence-electron chi connectivity index (χ0n) is 15.0. The van der Waals surface area contributed by atoms with Gasteiger partial charge in [-0.2, -0.15) is 8.78 Å². The summed E-state index contributed by atoms with van der Waals surface area (Å²) < 4.78 is 35.8. The number of ether oxygens (including phenoxy) is 2. The van der Waals surface area contributed by atoms with Crippen LogP contribution in [0.4, 0.5) is 8.78 Å². The van der Waals surface area contributed by atoms with Crippen LogP contribution in [0.1, 0.15) is 20.7 Å². The van der Waals surface area contributed by atoms with Gasteiger partial charge in [-0.3, -0.25) is 20.4 Å². The van der Waals surface area contributed by atoms with E-state index in [9.17, 15) is 18.4 Å². The van der Waals surface area contributed by atoms with Gasteiger partial charge in [0.15, 0.2) is 11.5 Å². The molecular formula is C19H17F2N3O4. The number of fused-ring (bicyclic) bond motifs is 1. The summed E-state index contributed by atoms with van der Waals surface area (Å²) in [6.07, 6.45) is 1.66. The van der Waals surface area contributed by atoms with E-state index in [1.807, 2.05) is 25.2 Å². The molecule has 146 valence electrons. The van der Waals surface area contributed by atoms with Crippen molar-refractivity contribution >= 4 is 22.7 Å². The number of aryl methyl sites for hydroxylation is 1. The van der Waals surface area contributed by atoms with E-state index in [2.05, 4.69) is 15.6 Å². The van der Waals surface area contributed by atoms with E-state index >= 15 is 0 Å². The van der Waals surface area contributed by atoms with Gasteiger partial charge in [0, 0.05) is 29.7 Å². The number of carbonyl (C=O) groups is 2. The van der Waals surface area contributed by atoms with Gasteiger partial charge >= 0.3 is 6.61 Å². The Morgan fingerprint density at radius 2 is 1.75 bits per heavy atom. The number of methoxy groups -OCH3 is 1. The van der Waals surface area contributed by atoms with Gasteiger partial charge < -0.3 is 14.0 Å². The predicted octanol–water partition coefficient (Wildman–Crippen LogP) is 2.86. The first kappa shape index (κ1) is 19.2. The fourth-order valence-corrected chi connectivity index (χ4v) is 2.78. The Morgan fingerprint density at radius 3 is 2.46 bits per heavy atom. The summed E-state index contributed by atoms with van der Waals surface area (Å²) in [5.74, 6) is -1.37. The molecule has 0 spiro atoms. The van der Waals surface area contributed by atoms with E-state index in [1.54, 1.807) is 16.8 Å². The monoisotopic (exact) mass is 389 g/mol. The van der Waals surface area contributed by atoms with E-state index in [0.717, 1.165) is 10.9 Å². The number of aromatic nitrogens is 1. The predicted molar refractivity (Wildman–Crippen MR) is 97.5 cm³/mol. The quantitative estimate of drug-likeness (QED) is 0.658. The topological polar surface area (TPSA) is 81.6 Å². The molecule has 0 aliphatic heterocycles. The lowest BCUT2D eigenvalue weighted by molar-refractivity contribution is -0.0512. The van der Waals surface area contributed by atoms with E-state index < -0.39 is 18.4 Å². The number of rotatable bonds is 5. The van der Waals surface area contributed by atoms with E-state index in [0.29, 0.717) is 5.56 Å². The second-order valence-electron chi connectivity index (χ2n) is 5.82. The maximum Gasteiger partial charge on any atom is 0.387 e. The van der Waals surface area contributed by atoms with Crippen LogP contribution in [0.2, 0.25) is 0 Å². The third kappa shape index (κ3) is 3.88. The molecule has 2 amide bonds. The van der Waals surface area contributed by atoms with Crippen LogP contribution in [0.5, 0.6) is 11.5 Å². The number of hydrogen-bond acceptors (Lipinski definition) is 4. The second kappa shape index (κ2) is 7.95. The molecule has 0 saturated heterocycles. The molecule has 0 atom stereocenters. The maximum absolute atomic E-state index is 12.4. The molecule has 28 heavy (non-hydrogen) atoms. The van der Waals surface area contributed by atoms with E-state index in [4.69, 9.17) is 4.74 Å². The normalized spacial score (nSPS) is 10.8. The highest BCUT2D eigenvalue weighted by Gasteiger charge is 2.17. The Kier molecular flexibility index (Phi) is 5.44. The van der Waals surface area contributed by atoms with Gasteiger partial charge in [0.1, 0.15) is 0 Å². The summed E-state index contributed by atoms with van der Waals surface area (Å²) in [5, 5.41) is 0.743. The molecule has 1 aromatic heterocycles. The third-order valence-corrected chi connectivity index (χ3v) is 4.07. The van der Waals surface area contributed by atoms with Gasteiger partial charge in [0.25, 0.3) is 11.8 Å². The highest BCUT2D eigenvalue weighted by atomic mass is 19.3. The average molecular weight is 389 g/mol. The molecular weight excluding hydrogens is 372 g/mol. The minimum absolute atomic E-state index is 0.0340. The first-order valence-electron chi connectivity index (χ1n) is 8.18. The first-order chi connectivity index (χ1) is 13.4. The summed E-state index contributed by atoms with van der Waals surface area (Å²) in [6.45, 7) is -3.02. The number of alkyl halides is 2. The van der Waals surface area contributed by atoms with Crippen LogP contribution in [0.15, 0.2) is 48.7 Å². The molecule has 3 rings (SSSR count). The van der Waals surface area contributed by atoms with Crippen molar-refractivity contribution in [2.75, 3.05) is 7.11 Å². The van der Waals surface area contributed by atoms with Crippen LogP contribution in [0, 0.1) is 0 Å². The maximum atomic E-state index is 12.4. The highest BCUT2D eigenvalue weighted by molar-refractivity contribution is 6.08. The summed E-state index contributed by atoms with van der Waals surface area (Å²) in [7, 11) is 3.07. The Balaban J connectivity index is 1.72. The van der Waals surface area contributed by atoms with Gasteiger partial charge in [-0.25, -0.2) is 0 Å². The lowest BCUT2D eigenvalue weighted by Gasteiger charge is -2.12. The Bertz CT molecular complexity index is 1030. The zero-order chi connectivity index (χ0) is 20.3. The molecule has 0 bridgehead atoms. The van der Waals surface area contributed by atoms with E-state index in [-0.39, 0.29) is 17.1 Å². The minimum atomic E-state index is -3.02. The fraction of sp³-hybridized carbons (Fsp3) is 0.158. The van der Waals surface area contributed by atoms with Crippen molar-refractivity contribution in [1.82, 2.24) is 15.4 Å². The van der Waals surface area contributed by atoms with Gasteiger partial charge in [0.2, 0.25) is 0 Å². The Hall–Kier alpha value is -3.62. The smallest absolute Gasteiger partial charge is 0.387 e. The Morgan fingerprint density at radius 1 is 1.04 bits per heavy atom. The van der Waals surface area contributed by atoms with Crippen molar-refractivity contribution < 1.29 is 27.8 Å². The average Bonchev–Trinajstić information content (AvgIpc) is 3.03. The largest absolute Gasteiger partial charge is 0.493 e. The number of nitrogens with zero attached hydrogens (tertiary/aromatic N) is 1. The van der Waals surface area contributed by atoms with Crippen LogP contribution in [-0.4, -0.2) is 30.1 Å². The number of carbonyl (C=O) groups excluding carboxylic acids is 2. The number of nitrogens with one attached hydrogen (secondary N) is 2. The molecule has 0 fully saturated rings. The molecule has 9 heteroatoms. The van der Waals surface area contributed by atoms with Gasteiger partial charge in [-0.1, -0.05) is 18.2 Å². The van der Waals surface area contributed by atoms with E-state index in [1.165, 1.54) is 25.3 Å². The summed E-state index contributed by atoms with van der Waals surface area (Å²) in [5.41, 5.74) is 6.00. The fourth-order valence-electron chi connectivity index (χ4n) is 2.78. The van der Waals surface area contributed by atoms with Crippen molar-refractivity contribution in [2.45, 2.75) is 6.61 Å². The van der Waals surface area contributed by atoms with Crippen molar-refractivity contribution in [2.24, 2.45) is 7.05 Å². The van der Waals surface area contributed by atoms with Crippen LogP contribution in [0.3, 0.4) is 0 Å². The van der Waals surface area contributed by atoms with Crippen molar-refractivity contribution in [1.29, 1.82) is 0 Å². The molecule has 0 saturated carbocycles. The van der Waals surface area contributed by atoms with Crippen LogP contribution in [0.25, 0.3) is 10.9 Å². The van der Waals surface area contributed by atoms with Crippen LogP contribution >= 0.6 is 0 Å². The lowest BCUT2D eigenvalue weighted by Crippen LogP contribution is -2.41. The molecule has 2 N–H and O–H groups in total. The number of amides is 2. The zero-order valence-corrected chi connectivity index (χ0v) is 15.0. The summed E-state index contributed by atoms with van der Waals surface area (Å²) in [4.78, 5) is 24.7. The SMILES string of the molecule is COc1cc(C(=O)NNC(=O)c2cn(C)c3ccccc23)ccc1OC(F)F. The highest BCUT2D eigenvalue weighted by Crippen LogP contribution is 2.29. The second-order valence-corrected chi connectivity index (χ2v) is 5.82. The van der Waals surface area contributed by atoms with Crippen molar-refractivity contribution in [3.05, 3.63) is 59.8 Å². The van der Waals surface area contributed by atoms with Crippen molar-refractivity contribution in [3.8, 4) is 11.5 Å². The first-order valence-corrected chi connectivity index (χ1v) is 8.18. The Labute approximate surface area is 158 Å². The standard InChI is InChI=1S/C19H17F2N3O4/c1-24-10-13(12-5-3-4-6-14(12)24)18(26)23-22-17(25)11-7-8-15(28-19(20)21)16(9-11)27-2/h3-10,19H,1-2H3,(H,22,25)(H,23,26). The molecule has 0 aliphatic carbocycles. The number of benzene rings is 2. The molecule has 2 aromatic carbocycles. The number of halogens is 2. The van der Waals surface area contributed by atoms with Crippen LogP contribution < -0.4 is 20.3 Å². The molecule has 7 nitrogen and oxygen atoms in total. The summed E-state index contributed by atoms with van der Waals surface area (Å²) in [6, 6.07) is 11.1. The summed E-state index contributed by atoms with van der Waals surface area (Å²) >= 11 is 0. The lowest BCUT2D eigenvalue weighted by atomic mass is 10.1. The molecule has 0 radical (unpaired) electrons. The minimum Gasteiger partial charge on any atom is -0.493 e. The third-order valence-electron chi connectivity index (χ3n) is 4.07. The van der Waals surface area contributed by atoms with Crippen molar-refractivity contribution in [3.63, 3.8) is 0 Å². The number of para-hydroxylation sites is 1. The number of hydrogen-bond donors (Lipinski definition) is 2. The van der Waals surface area contributed by atoms with Crippen LogP contribution in [-0.2, 0) is 7.05 Å². The molecule has 0 aliphatic rings. The molecule has 3 aromatic rings.